The number of para-hydroxylation sites is 1. The van der Waals surface area contributed by atoms with Crippen LogP contribution < -0.4 is 10.6 Å². The Bertz CT molecular complexity index is 588. The van der Waals surface area contributed by atoms with Crippen molar-refractivity contribution in [1.29, 1.82) is 5.26 Å². The lowest BCUT2D eigenvalue weighted by Gasteiger charge is -2.33. The summed E-state index contributed by atoms with van der Waals surface area (Å²) in [5, 5.41) is 23.3. The normalized spacial score (nSPS) is 16.5. The lowest BCUT2D eigenvalue weighted by atomic mass is 9.90. The van der Waals surface area contributed by atoms with Gasteiger partial charge in [-0.15, -0.1) is 0 Å². The smallest absolute Gasteiger partial charge is 0.329 e. The van der Waals surface area contributed by atoms with Crippen molar-refractivity contribution in [2.45, 2.75) is 18.4 Å². The van der Waals surface area contributed by atoms with Crippen LogP contribution in [0.2, 0.25) is 0 Å². The quantitative estimate of drug-likeness (QED) is 0.777. The molecule has 1 aromatic carbocycles. The molecule has 1 aromatic rings. The standard InChI is InChI=1S/C14H15N3O4/c15-9-10-3-1-2-4-11(10)16-13(20)17-14(12(18)19)5-7-21-8-6-14/h1-4H,5-8H2,(H,18,19)(H2,16,17,20). The zero-order valence-electron chi connectivity index (χ0n) is 11.3. The van der Waals surface area contributed by atoms with Gasteiger partial charge in [-0.25, -0.2) is 9.59 Å². The van der Waals surface area contributed by atoms with E-state index in [0.29, 0.717) is 11.3 Å². The highest BCUT2D eigenvalue weighted by Crippen LogP contribution is 2.21. The Hall–Kier alpha value is -2.59. The molecule has 7 nitrogen and oxygen atoms in total. The van der Waals surface area contributed by atoms with E-state index < -0.39 is 17.5 Å². The number of urea groups is 1. The Kier molecular flexibility index (Phi) is 4.40. The van der Waals surface area contributed by atoms with Gasteiger partial charge in [0.05, 0.1) is 11.3 Å². The summed E-state index contributed by atoms with van der Waals surface area (Å²) in [6.45, 7) is 0.558. The molecule has 2 rings (SSSR count). The van der Waals surface area contributed by atoms with Gasteiger partial charge in [-0.3, -0.25) is 0 Å². The molecule has 0 bridgehead atoms. The number of hydrogen-bond acceptors (Lipinski definition) is 4. The van der Waals surface area contributed by atoms with Crippen LogP contribution in [-0.2, 0) is 9.53 Å². The summed E-state index contributed by atoms with van der Waals surface area (Å²) in [5.41, 5.74) is -0.682. The van der Waals surface area contributed by atoms with Gasteiger partial charge in [0.1, 0.15) is 11.6 Å². The number of rotatable bonds is 3. The Balaban J connectivity index is 2.10. The van der Waals surface area contributed by atoms with Crippen molar-refractivity contribution in [3.63, 3.8) is 0 Å². The predicted molar refractivity (Wildman–Crippen MR) is 73.7 cm³/mol. The molecule has 110 valence electrons. The van der Waals surface area contributed by atoms with Gasteiger partial charge in [-0.1, -0.05) is 12.1 Å². The van der Waals surface area contributed by atoms with E-state index in [1.807, 2.05) is 6.07 Å². The molecule has 21 heavy (non-hydrogen) atoms. The number of aliphatic carboxylic acids is 1. The Morgan fingerprint density at radius 3 is 2.57 bits per heavy atom. The van der Waals surface area contributed by atoms with Gasteiger partial charge in [0.25, 0.3) is 0 Å². The zero-order chi connectivity index (χ0) is 15.3. The molecule has 1 saturated heterocycles. The van der Waals surface area contributed by atoms with Gasteiger partial charge in [-0.2, -0.15) is 5.26 Å². The third-order valence-corrected chi connectivity index (χ3v) is 3.40. The lowest BCUT2D eigenvalue weighted by molar-refractivity contribution is -0.148. The molecule has 0 atom stereocenters. The monoisotopic (exact) mass is 289 g/mol. The third kappa shape index (κ3) is 3.30. The molecule has 0 aromatic heterocycles. The van der Waals surface area contributed by atoms with Crippen LogP contribution in [0.4, 0.5) is 10.5 Å². The lowest BCUT2D eigenvalue weighted by Crippen LogP contribution is -2.58. The molecule has 0 saturated carbocycles. The van der Waals surface area contributed by atoms with Crippen molar-refractivity contribution in [3.05, 3.63) is 29.8 Å². The maximum absolute atomic E-state index is 12.0. The second-order valence-electron chi connectivity index (χ2n) is 4.74. The van der Waals surface area contributed by atoms with Crippen LogP contribution in [-0.4, -0.2) is 35.9 Å². The van der Waals surface area contributed by atoms with Gasteiger partial charge in [0.2, 0.25) is 0 Å². The van der Waals surface area contributed by atoms with E-state index in [4.69, 9.17) is 10.00 Å². The molecule has 0 radical (unpaired) electrons. The summed E-state index contributed by atoms with van der Waals surface area (Å²) >= 11 is 0. The molecule has 2 amide bonds. The number of nitriles is 1. The largest absolute Gasteiger partial charge is 0.480 e. The molecule has 1 heterocycles. The molecule has 3 N–H and O–H groups in total. The first-order valence-electron chi connectivity index (χ1n) is 6.47. The van der Waals surface area contributed by atoms with E-state index in [0.717, 1.165) is 0 Å². The van der Waals surface area contributed by atoms with Crippen LogP contribution in [0.15, 0.2) is 24.3 Å². The molecule has 0 unspecified atom stereocenters. The highest BCUT2D eigenvalue weighted by Gasteiger charge is 2.41. The minimum Gasteiger partial charge on any atom is -0.480 e. The van der Waals surface area contributed by atoms with E-state index in [2.05, 4.69) is 10.6 Å². The Morgan fingerprint density at radius 1 is 1.29 bits per heavy atom. The molecular weight excluding hydrogens is 274 g/mol. The number of ether oxygens (including phenoxy) is 1. The summed E-state index contributed by atoms with van der Waals surface area (Å²) in [6.07, 6.45) is 0.408. The summed E-state index contributed by atoms with van der Waals surface area (Å²) in [7, 11) is 0. The summed E-state index contributed by atoms with van der Waals surface area (Å²) < 4.78 is 5.13. The Morgan fingerprint density at radius 2 is 1.95 bits per heavy atom. The van der Waals surface area contributed by atoms with E-state index in [1.54, 1.807) is 24.3 Å². The number of carbonyl (C=O) groups is 2. The first-order chi connectivity index (χ1) is 10.1. The predicted octanol–water partition coefficient (Wildman–Crippen LogP) is 1.31. The minimum atomic E-state index is -1.33. The molecule has 1 aliphatic rings. The van der Waals surface area contributed by atoms with Gasteiger partial charge in [0.15, 0.2) is 0 Å². The van der Waals surface area contributed by atoms with Crippen LogP contribution in [0.5, 0.6) is 0 Å². The van der Waals surface area contributed by atoms with Gasteiger partial charge in [-0.05, 0) is 12.1 Å². The van der Waals surface area contributed by atoms with Crippen LogP contribution in [0.1, 0.15) is 18.4 Å². The zero-order valence-corrected chi connectivity index (χ0v) is 11.3. The summed E-state index contributed by atoms with van der Waals surface area (Å²) in [5.74, 6) is -1.09. The number of carboxylic acids is 1. The summed E-state index contributed by atoms with van der Waals surface area (Å²) in [4.78, 5) is 23.5. The summed E-state index contributed by atoms with van der Waals surface area (Å²) in [6, 6.07) is 7.81. The van der Waals surface area contributed by atoms with Crippen LogP contribution in [0.3, 0.4) is 0 Å². The van der Waals surface area contributed by atoms with Crippen molar-refractivity contribution < 1.29 is 19.4 Å². The number of carbonyl (C=O) groups excluding carboxylic acids is 1. The maximum Gasteiger partial charge on any atom is 0.329 e. The maximum atomic E-state index is 12.0. The SMILES string of the molecule is N#Cc1ccccc1NC(=O)NC1(C(=O)O)CCOCC1. The van der Waals surface area contributed by atoms with Gasteiger partial charge >= 0.3 is 12.0 Å². The van der Waals surface area contributed by atoms with Crippen LogP contribution >= 0.6 is 0 Å². The number of carboxylic acid groups (broad SMARTS) is 1. The molecule has 1 aliphatic heterocycles. The molecule has 0 aliphatic carbocycles. The van der Waals surface area contributed by atoms with E-state index in [-0.39, 0.29) is 26.1 Å². The Labute approximate surface area is 121 Å². The fourth-order valence-corrected chi connectivity index (χ4v) is 2.17. The van der Waals surface area contributed by atoms with Gasteiger partial charge < -0.3 is 20.5 Å². The first-order valence-corrected chi connectivity index (χ1v) is 6.47. The van der Waals surface area contributed by atoms with Crippen molar-refractivity contribution in [3.8, 4) is 6.07 Å². The third-order valence-electron chi connectivity index (χ3n) is 3.40. The minimum absolute atomic E-state index is 0.204. The number of anilines is 1. The molecular formula is C14H15N3O4. The van der Waals surface area contributed by atoms with Gasteiger partial charge in [0, 0.05) is 26.1 Å². The van der Waals surface area contributed by atoms with Crippen molar-refractivity contribution in [1.82, 2.24) is 5.32 Å². The van der Waals surface area contributed by atoms with Crippen molar-refractivity contribution >= 4 is 17.7 Å². The van der Waals surface area contributed by atoms with E-state index in [1.165, 1.54) is 0 Å². The fraction of sp³-hybridized carbons (Fsp3) is 0.357. The molecule has 0 spiro atoms. The number of nitrogens with zero attached hydrogens (tertiary/aromatic N) is 1. The van der Waals surface area contributed by atoms with Crippen molar-refractivity contribution in [2.75, 3.05) is 18.5 Å². The van der Waals surface area contributed by atoms with Crippen LogP contribution in [0, 0.1) is 11.3 Å². The second-order valence-corrected chi connectivity index (χ2v) is 4.74. The molecule has 1 fully saturated rings. The number of amides is 2. The highest BCUT2D eigenvalue weighted by atomic mass is 16.5. The van der Waals surface area contributed by atoms with Crippen molar-refractivity contribution in [2.24, 2.45) is 0 Å². The topological polar surface area (TPSA) is 111 Å². The number of nitrogens with one attached hydrogen (secondary N) is 2. The number of hydrogen-bond donors (Lipinski definition) is 3. The second kappa shape index (κ2) is 6.24. The number of benzene rings is 1. The van der Waals surface area contributed by atoms with E-state index in [9.17, 15) is 14.7 Å². The first kappa shape index (κ1) is 14.8. The fourth-order valence-electron chi connectivity index (χ4n) is 2.17. The highest BCUT2D eigenvalue weighted by molar-refractivity contribution is 5.94. The average molecular weight is 289 g/mol. The van der Waals surface area contributed by atoms with E-state index >= 15 is 0 Å². The van der Waals surface area contributed by atoms with Crippen LogP contribution in [0.25, 0.3) is 0 Å². The molecule has 7 heteroatoms. The average Bonchev–Trinajstić information content (AvgIpc) is 2.48.